The summed E-state index contributed by atoms with van der Waals surface area (Å²) in [5.74, 6) is -2.59. The van der Waals surface area contributed by atoms with Crippen LogP contribution in [0.1, 0.15) is 57.4 Å². The summed E-state index contributed by atoms with van der Waals surface area (Å²) in [7, 11) is 2.85. The molecule has 0 unspecified atom stereocenters. The Bertz CT molecular complexity index is 1030. The van der Waals surface area contributed by atoms with Crippen LogP contribution in [0.15, 0.2) is 46.8 Å². The van der Waals surface area contributed by atoms with E-state index in [4.69, 9.17) is 14.2 Å². The molecule has 33 heavy (non-hydrogen) atoms. The number of benzene rings is 1. The van der Waals surface area contributed by atoms with Crippen molar-refractivity contribution in [3.8, 4) is 5.75 Å². The van der Waals surface area contributed by atoms with Gasteiger partial charge in [-0.05, 0) is 51.0 Å². The van der Waals surface area contributed by atoms with Crippen LogP contribution in [0.4, 0.5) is 0 Å². The monoisotopic (exact) mass is 453 g/mol. The van der Waals surface area contributed by atoms with Crippen LogP contribution in [0.5, 0.6) is 5.75 Å². The second kappa shape index (κ2) is 9.41. The minimum absolute atomic E-state index is 0.114. The summed E-state index contributed by atoms with van der Waals surface area (Å²) in [4.78, 5) is 39.8. The molecule has 0 saturated heterocycles. The smallest absolute Gasteiger partial charge is 0.337 e. The van der Waals surface area contributed by atoms with Gasteiger partial charge in [0, 0.05) is 22.5 Å². The standard InChI is InChI=1S/C26H31NO6/c1-14-13-18-23(24(28)20(14)25(29)32-4)22(17-11-7-8-12-19(17)31-3)21(15(2)27-18)26(30)33-16-9-5-6-10-16/h7-8,11-12,14,16,20,22,27H,5-6,9-10,13H2,1-4H3/t14-,20-,22-/m1/s1. The molecule has 1 aromatic rings. The maximum absolute atomic E-state index is 13.8. The lowest BCUT2D eigenvalue weighted by molar-refractivity contribution is -0.151. The van der Waals surface area contributed by atoms with Gasteiger partial charge in [-0.25, -0.2) is 4.79 Å². The largest absolute Gasteiger partial charge is 0.496 e. The third-order valence-corrected chi connectivity index (χ3v) is 6.99. The Morgan fingerprint density at radius 3 is 2.45 bits per heavy atom. The first-order valence-electron chi connectivity index (χ1n) is 11.5. The Hall–Kier alpha value is -3.09. The number of esters is 2. The van der Waals surface area contributed by atoms with Crippen LogP contribution < -0.4 is 10.1 Å². The van der Waals surface area contributed by atoms with Crippen molar-refractivity contribution in [3.05, 3.63) is 52.4 Å². The molecule has 0 aromatic heterocycles. The summed E-state index contributed by atoms with van der Waals surface area (Å²) in [6, 6.07) is 7.35. The van der Waals surface area contributed by atoms with E-state index in [1.165, 1.54) is 7.11 Å². The molecule has 0 bridgehead atoms. The van der Waals surface area contributed by atoms with Crippen LogP contribution in [0.25, 0.3) is 0 Å². The van der Waals surface area contributed by atoms with Crippen molar-refractivity contribution < 1.29 is 28.6 Å². The van der Waals surface area contributed by atoms with E-state index < -0.39 is 23.8 Å². The topological polar surface area (TPSA) is 90.9 Å². The molecule has 7 heteroatoms. The number of hydrogen-bond acceptors (Lipinski definition) is 7. The second-order valence-corrected chi connectivity index (χ2v) is 9.09. The van der Waals surface area contributed by atoms with Crippen LogP contribution in [0, 0.1) is 11.8 Å². The van der Waals surface area contributed by atoms with E-state index in [1.807, 2.05) is 32.0 Å². The van der Waals surface area contributed by atoms with Gasteiger partial charge in [0.25, 0.3) is 0 Å². The van der Waals surface area contributed by atoms with E-state index in [9.17, 15) is 14.4 Å². The number of ether oxygens (including phenoxy) is 3. The van der Waals surface area contributed by atoms with E-state index in [2.05, 4.69) is 5.32 Å². The van der Waals surface area contributed by atoms with Gasteiger partial charge < -0.3 is 19.5 Å². The molecule has 3 atom stereocenters. The highest BCUT2D eigenvalue weighted by atomic mass is 16.5. The molecule has 0 amide bonds. The average Bonchev–Trinajstić information content (AvgIpc) is 3.30. The molecular formula is C26H31NO6. The molecule has 176 valence electrons. The highest BCUT2D eigenvalue weighted by molar-refractivity contribution is 6.12. The number of ketones is 1. The van der Waals surface area contributed by atoms with Crippen LogP contribution in [-0.4, -0.2) is 38.0 Å². The normalized spacial score (nSPS) is 25.5. The van der Waals surface area contributed by atoms with Gasteiger partial charge in [-0.1, -0.05) is 25.1 Å². The number of hydrogen-bond donors (Lipinski definition) is 1. The molecule has 0 radical (unpaired) electrons. The Morgan fingerprint density at radius 1 is 1.09 bits per heavy atom. The molecule has 4 rings (SSSR count). The van der Waals surface area contributed by atoms with E-state index in [0.717, 1.165) is 31.4 Å². The Kier molecular flexibility index (Phi) is 6.58. The first-order valence-corrected chi connectivity index (χ1v) is 11.5. The van der Waals surface area contributed by atoms with Crippen molar-refractivity contribution in [1.82, 2.24) is 5.32 Å². The SMILES string of the molecule is COC(=O)[C@H]1C(=O)C2=C(C[C@H]1C)NC(C)=C(C(=O)OC1CCCC1)[C@H]2c1ccccc1OC. The van der Waals surface area contributed by atoms with Crippen molar-refractivity contribution in [3.63, 3.8) is 0 Å². The molecule has 0 spiro atoms. The van der Waals surface area contributed by atoms with Gasteiger partial charge in [-0.2, -0.15) is 0 Å². The minimum atomic E-state index is -0.918. The zero-order valence-electron chi connectivity index (χ0n) is 19.6. The third kappa shape index (κ3) is 4.16. The van der Waals surface area contributed by atoms with E-state index in [1.54, 1.807) is 13.2 Å². The van der Waals surface area contributed by atoms with Gasteiger partial charge in [0.05, 0.1) is 25.7 Å². The molecule has 1 saturated carbocycles. The summed E-state index contributed by atoms with van der Waals surface area (Å²) in [5.41, 5.74) is 2.88. The summed E-state index contributed by atoms with van der Waals surface area (Å²) < 4.78 is 16.4. The average molecular weight is 454 g/mol. The Morgan fingerprint density at radius 2 is 1.79 bits per heavy atom. The van der Waals surface area contributed by atoms with Crippen molar-refractivity contribution in [1.29, 1.82) is 0 Å². The fourth-order valence-electron chi connectivity index (χ4n) is 5.39. The van der Waals surface area contributed by atoms with Gasteiger partial charge in [-0.3, -0.25) is 9.59 Å². The van der Waals surface area contributed by atoms with Crippen LogP contribution in [0.2, 0.25) is 0 Å². The zero-order chi connectivity index (χ0) is 23.7. The molecular weight excluding hydrogens is 422 g/mol. The van der Waals surface area contributed by atoms with Gasteiger partial charge in [-0.15, -0.1) is 0 Å². The molecule has 1 N–H and O–H groups in total. The van der Waals surface area contributed by atoms with Crippen molar-refractivity contribution in [2.75, 3.05) is 14.2 Å². The summed E-state index contributed by atoms with van der Waals surface area (Å²) >= 11 is 0. The van der Waals surface area contributed by atoms with Crippen LogP contribution in [-0.2, 0) is 23.9 Å². The number of nitrogens with one attached hydrogen (secondary N) is 1. The number of methoxy groups -OCH3 is 2. The highest BCUT2D eigenvalue weighted by Crippen LogP contribution is 2.47. The molecule has 1 aliphatic heterocycles. The predicted octanol–water partition coefficient (Wildman–Crippen LogP) is 3.79. The lowest BCUT2D eigenvalue weighted by Crippen LogP contribution is -2.43. The highest BCUT2D eigenvalue weighted by Gasteiger charge is 2.48. The van der Waals surface area contributed by atoms with Crippen molar-refractivity contribution >= 4 is 17.7 Å². The summed E-state index contributed by atoms with van der Waals surface area (Å²) in [6.07, 6.45) is 4.15. The fraction of sp³-hybridized carbons (Fsp3) is 0.500. The summed E-state index contributed by atoms with van der Waals surface area (Å²) in [6.45, 7) is 3.70. The second-order valence-electron chi connectivity index (χ2n) is 9.09. The lowest BCUT2D eigenvalue weighted by Gasteiger charge is -2.38. The number of carbonyl (C=O) groups excluding carboxylic acids is 3. The number of para-hydroxylation sites is 1. The Balaban J connectivity index is 1.84. The molecule has 1 heterocycles. The summed E-state index contributed by atoms with van der Waals surface area (Å²) in [5, 5.41) is 3.29. The van der Waals surface area contributed by atoms with Crippen LogP contribution in [0.3, 0.4) is 0 Å². The van der Waals surface area contributed by atoms with Gasteiger partial charge in [0.1, 0.15) is 17.8 Å². The molecule has 1 fully saturated rings. The quantitative estimate of drug-likeness (QED) is 0.536. The Labute approximate surface area is 194 Å². The molecule has 1 aromatic carbocycles. The first-order chi connectivity index (χ1) is 15.9. The van der Waals surface area contributed by atoms with Gasteiger partial charge >= 0.3 is 11.9 Å². The zero-order valence-corrected chi connectivity index (χ0v) is 19.6. The van der Waals surface area contributed by atoms with Gasteiger partial charge in [0.2, 0.25) is 0 Å². The fourth-order valence-corrected chi connectivity index (χ4v) is 5.39. The maximum Gasteiger partial charge on any atom is 0.337 e. The molecule has 7 nitrogen and oxygen atoms in total. The lowest BCUT2D eigenvalue weighted by atomic mass is 9.69. The molecule has 3 aliphatic rings. The predicted molar refractivity (Wildman–Crippen MR) is 121 cm³/mol. The number of rotatable bonds is 5. The van der Waals surface area contributed by atoms with Crippen molar-refractivity contribution in [2.45, 2.75) is 58.0 Å². The number of Topliss-reactive ketones (excluding diaryl/α,β-unsaturated/α-hetero) is 1. The first kappa shape index (κ1) is 23.1. The van der Waals surface area contributed by atoms with E-state index in [-0.39, 0.29) is 17.8 Å². The van der Waals surface area contributed by atoms with Crippen molar-refractivity contribution in [2.24, 2.45) is 11.8 Å². The van der Waals surface area contributed by atoms with E-state index >= 15 is 0 Å². The molecule has 2 aliphatic carbocycles. The maximum atomic E-state index is 13.8. The van der Waals surface area contributed by atoms with E-state index in [0.29, 0.717) is 34.6 Å². The van der Waals surface area contributed by atoms with Gasteiger partial charge in [0.15, 0.2) is 5.78 Å². The third-order valence-electron chi connectivity index (χ3n) is 6.99. The number of carbonyl (C=O) groups is 3. The number of allylic oxidation sites excluding steroid dienone is 3. The van der Waals surface area contributed by atoms with Crippen LogP contribution >= 0.6 is 0 Å². The minimum Gasteiger partial charge on any atom is -0.496 e. The number of dihydropyridines is 1.